The fourth-order valence-corrected chi connectivity index (χ4v) is 3.40. The maximum absolute atomic E-state index is 12.5. The van der Waals surface area contributed by atoms with E-state index in [0.29, 0.717) is 0 Å². The van der Waals surface area contributed by atoms with Gasteiger partial charge in [0.15, 0.2) is 0 Å². The van der Waals surface area contributed by atoms with Crippen LogP contribution in [-0.2, 0) is 14.8 Å². The molecule has 6 nitrogen and oxygen atoms in total. The van der Waals surface area contributed by atoms with E-state index < -0.39 is 15.9 Å². The van der Waals surface area contributed by atoms with Crippen LogP contribution in [0.25, 0.3) is 6.08 Å². The van der Waals surface area contributed by atoms with E-state index in [9.17, 15) is 13.2 Å². The van der Waals surface area contributed by atoms with Crippen LogP contribution in [0.5, 0.6) is 0 Å². The standard InChI is InChI=1S/C20H23N3O3S/c1-16-9-11-19(12-10-16)27(25,26)23(3)15-20(24)22-21-14-17(2)13-18-7-5-4-6-8-18/h4-14H,15H2,1-3H3,(H,22,24)/b17-13+,21-14-. The number of hydrogen-bond donors (Lipinski definition) is 1. The lowest BCUT2D eigenvalue weighted by atomic mass is 10.1. The van der Waals surface area contributed by atoms with Crippen molar-refractivity contribution in [2.24, 2.45) is 5.10 Å². The molecule has 0 atom stereocenters. The smallest absolute Gasteiger partial charge is 0.255 e. The van der Waals surface area contributed by atoms with Crippen molar-refractivity contribution < 1.29 is 13.2 Å². The Labute approximate surface area is 160 Å². The predicted molar refractivity (Wildman–Crippen MR) is 108 cm³/mol. The highest BCUT2D eigenvalue weighted by atomic mass is 32.2. The van der Waals surface area contributed by atoms with Gasteiger partial charge in [0.1, 0.15) is 0 Å². The zero-order valence-corrected chi connectivity index (χ0v) is 16.4. The number of hydrazone groups is 1. The molecule has 0 aromatic heterocycles. The molecule has 0 aliphatic heterocycles. The zero-order valence-electron chi connectivity index (χ0n) is 15.6. The third kappa shape index (κ3) is 6.16. The monoisotopic (exact) mass is 385 g/mol. The Kier molecular flexibility index (Phi) is 7.04. The van der Waals surface area contributed by atoms with Gasteiger partial charge in [0.2, 0.25) is 10.0 Å². The van der Waals surface area contributed by atoms with E-state index in [1.54, 1.807) is 12.1 Å². The molecule has 7 heteroatoms. The summed E-state index contributed by atoms with van der Waals surface area (Å²) < 4.78 is 25.9. The van der Waals surface area contributed by atoms with Crippen LogP contribution in [0.2, 0.25) is 0 Å². The highest BCUT2D eigenvalue weighted by Gasteiger charge is 2.22. The first-order valence-electron chi connectivity index (χ1n) is 8.37. The molecule has 27 heavy (non-hydrogen) atoms. The van der Waals surface area contributed by atoms with E-state index >= 15 is 0 Å². The number of likely N-dealkylation sites (N-methyl/N-ethyl adjacent to an activating group) is 1. The number of nitrogens with zero attached hydrogens (tertiary/aromatic N) is 2. The van der Waals surface area contributed by atoms with E-state index in [1.807, 2.05) is 50.3 Å². The van der Waals surface area contributed by atoms with Gasteiger partial charge in [-0.1, -0.05) is 54.1 Å². The van der Waals surface area contributed by atoms with Crippen molar-refractivity contribution in [1.29, 1.82) is 0 Å². The van der Waals surface area contributed by atoms with Crippen LogP contribution in [0.1, 0.15) is 18.1 Å². The van der Waals surface area contributed by atoms with Crippen LogP contribution in [0.4, 0.5) is 0 Å². The summed E-state index contributed by atoms with van der Waals surface area (Å²) in [6.07, 6.45) is 3.43. The van der Waals surface area contributed by atoms with Gasteiger partial charge in [-0.05, 0) is 37.1 Å². The van der Waals surface area contributed by atoms with Crippen molar-refractivity contribution in [3.05, 3.63) is 71.3 Å². The van der Waals surface area contributed by atoms with E-state index in [-0.39, 0.29) is 11.4 Å². The summed E-state index contributed by atoms with van der Waals surface area (Å²) in [5.74, 6) is -0.517. The molecule has 0 saturated carbocycles. The third-order valence-corrected chi connectivity index (χ3v) is 5.56. The second-order valence-electron chi connectivity index (χ2n) is 6.17. The first-order valence-corrected chi connectivity index (χ1v) is 9.81. The average molecular weight is 385 g/mol. The Bertz CT molecular complexity index is 934. The summed E-state index contributed by atoms with van der Waals surface area (Å²) >= 11 is 0. The van der Waals surface area contributed by atoms with Crippen molar-refractivity contribution in [3.8, 4) is 0 Å². The molecule has 2 aromatic carbocycles. The molecule has 0 saturated heterocycles. The molecule has 2 rings (SSSR count). The van der Waals surface area contributed by atoms with Crippen LogP contribution in [-0.4, -0.2) is 38.4 Å². The lowest BCUT2D eigenvalue weighted by Crippen LogP contribution is -2.36. The Balaban J connectivity index is 1.93. The molecule has 0 aliphatic rings. The Morgan fingerprint density at radius 2 is 1.74 bits per heavy atom. The Morgan fingerprint density at radius 3 is 2.37 bits per heavy atom. The Morgan fingerprint density at radius 1 is 1.11 bits per heavy atom. The van der Waals surface area contributed by atoms with Crippen LogP contribution < -0.4 is 5.43 Å². The molecule has 1 N–H and O–H groups in total. The summed E-state index contributed by atoms with van der Waals surface area (Å²) in [5, 5.41) is 3.87. The van der Waals surface area contributed by atoms with Gasteiger partial charge >= 0.3 is 0 Å². The van der Waals surface area contributed by atoms with E-state index in [4.69, 9.17) is 0 Å². The fraction of sp³-hybridized carbons (Fsp3) is 0.200. The second kappa shape index (κ2) is 9.25. The normalized spacial score (nSPS) is 12.5. The minimum Gasteiger partial charge on any atom is -0.272 e. The maximum atomic E-state index is 12.5. The topological polar surface area (TPSA) is 78.8 Å². The number of nitrogens with one attached hydrogen (secondary N) is 1. The van der Waals surface area contributed by atoms with E-state index in [1.165, 1.54) is 25.4 Å². The van der Waals surface area contributed by atoms with Gasteiger partial charge in [-0.15, -0.1) is 0 Å². The van der Waals surface area contributed by atoms with Crippen molar-refractivity contribution in [1.82, 2.24) is 9.73 Å². The number of aryl methyl sites for hydroxylation is 1. The number of carbonyl (C=O) groups excluding carboxylic acids is 1. The van der Waals surface area contributed by atoms with Gasteiger partial charge in [-0.3, -0.25) is 4.79 Å². The van der Waals surface area contributed by atoms with E-state index in [0.717, 1.165) is 21.0 Å². The summed E-state index contributed by atoms with van der Waals surface area (Å²) in [7, 11) is -2.36. The first kappa shape index (κ1) is 20.5. The van der Waals surface area contributed by atoms with Crippen LogP contribution in [0.3, 0.4) is 0 Å². The number of rotatable bonds is 7. The predicted octanol–water partition coefficient (Wildman–Crippen LogP) is 2.82. The minimum absolute atomic E-state index is 0.147. The lowest BCUT2D eigenvalue weighted by molar-refractivity contribution is -0.121. The van der Waals surface area contributed by atoms with Crippen molar-refractivity contribution in [2.75, 3.05) is 13.6 Å². The number of amides is 1. The van der Waals surface area contributed by atoms with E-state index in [2.05, 4.69) is 10.5 Å². The SMILES string of the molecule is CC(/C=N\NC(=O)CN(C)S(=O)(=O)c1ccc(C)cc1)=C\c1ccccc1. The molecular formula is C20H23N3O3S. The van der Waals surface area contributed by atoms with Gasteiger partial charge < -0.3 is 0 Å². The molecular weight excluding hydrogens is 362 g/mol. The minimum atomic E-state index is -3.72. The number of allylic oxidation sites excluding steroid dienone is 1. The average Bonchev–Trinajstić information content (AvgIpc) is 2.62. The number of benzene rings is 2. The van der Waals surface area contributed by atoms with Crippen LogP contribution in [0, 0.1) is 6.92 Å². The molecule has 0 fully saturated rings. The number of sulfonamides is 1. The number of hydrogen-bond acceptors (Lipinski definition) is 4. The molecule has 0 radical (unpaired) electrons. The zero-order chi connectivity index (χ0) is 19.9. The van der Waals surface area contributed by atoms with Crippen molar-refractivity contribution in [3.63, 3.8) is 0 Å². The van der Waals surface area contributed by atoms with Gasteiger partial charge in [0, 0.05) is 7.05 Å². The highest BCUT2D eigenvalue weighted by Crippen LogP contribution is 2.14. The molecule has 0 heterocycles. The Hall–Kier alpha value is -2.77. The van der Waals surface area contributed by atoms with Crippen molar-refractivity contribution >= 4 is 28.2 Å². The molecule has 0 bridgehead atoms. The maximum Gasteiger partial charge on any atom is 0.255 e. The second-order valence-corrected chi connectivity index (χ2v) is 8.21. The molecule has 1 amide bonds. The summed E-state index contributed by atoms with van der Waals surface area (Å²) in [5.41, 5.74) is 5.18. The van der Waals surface area contributed by atoms with Gasteiger partial charge in [-0.25, -0.2) is 13.8 Å². The largest absolute Gasteiger partial charge is 0.272 e. The van der Waals surface area contributed by atoms with Crippen molar-refractivity contribution in [2.45, 2.75) is 18.7 Å². The summed E-state index contributed by atoms with van der Waals surface area (Å²) in [4.78, 5) is 12.1. The van der Waals surface area contributed by atoms with Gasteiger partial charge in [-0.2, -0.15) is 9.41 Å². The summed E-state index contributed by atoms with van der Waals surface area (Å²) in [6, 6.07) is 16.2. The quantitative estimate of drug-likeness (QED) is 0.588. The van der Waals surface area contributed by atoms with Crippen LogP contribution >= 0.6 is 0 Å². The third-order valence-electron chi connectivity index (χ3n) is 3.75. The lowest BCUT2D eigenvalue weighted by Gasteiger charge is -2.16. The molecule has 0 unspecified atom stereocenters. The van der Waals surface area contributed by atoms with Crippen LogP contribution in [0.15, 0.2) is 70.2 Å². The van der Waals surface area contributed by atoms with Gasteiger partial charge in [0.25, 0.3) is 5.91 Å². The van der Waals surface area contributed by atoms with Gasteiger partial charge in [0.05, 0.1) is 17.7 Å². The summed E-state index contributed by atoms with van der Waals surface area (Å²) in [6.45, 7) is 3.41. The molecule has 142 valence electrons. The molecule has 2 aromatic rings. The molecule has 0 aliphatic carbocycles. The highest BCUT2D eigenvalue weighted by molar-refractivity contribution is 7.89. The molecule has 0 spiro atoms. The first-order chi connectivity index (χ1) is 12.8. The number of carbonyl (C=O) groups is 1. The fourth-order valence-electron chi connectivity index (χ4n) is 2.27.